The van der Waals surface area contributed by atoms with Crippen molar-refractivity contribution in [2.45, 2.75) is 13.0 Å². The first-order chi connectivity index (χ1) is 9.50. The van der Waals surface area contributed by atoms with Crippen molar-refractivity contribution in [1.82, 2.24) is 0 Å². The maximum absolute atomic E-state index is 13.5. The van der Waals surface area contributed by atoms with E-state index in [-0.39, 0.29) is 6.04 Å². The number of amides is 1. The van der Waals surface area contributed by atoms with E-state index in [1.807, 2.05) is 0 Å². The lowest BCUT2D eigenvalue weighted by Crippen LogP contribution is -2.18. The van der Waals surface area contributed by atoms with Gasteiger partial charge >= 0.3 is 0 Å². The summed E-state index contributed by atoms with van der Waals surface area (Å²) in [4.78, 5) is 12.0. The van der Waals surface area contributed by atoms with E-state index in [0.29, 0.717) is 11.3 Å². The third kappa shape index (κ3) is 2.83. The van der Waals surface area contributed by atoms with E-state index in [1.54, 1.807) is 31.2 Å². The lowest BCUT2D eigenvalue weighted by Gasteiger charge is -2.14. The quantitative estimate of drug-likeness (QED) is 0.904. The van der Waals surface area contributed by atoms with E-state index in [0.717, 1.165) is 12.1 Å². The van der Waals surface area contributed by atoms with Crippen LogP contribution < -0.4 is 11.1 Å². The van der Waals surface area contributed by atoms with E-state index in [4.69, 9.17) is 5.73 Å². The summed E-state index contributed by atoms with van der Waals surface area (Å²) in [7, 11) is 0. The molecule has 0 radical (unpaired) electrons. The Morgan fingerprint density at radius 2 is 1.70 bits per heavy atom. The number of hydrogen-bond acceptors (Lipinski definition) is 2. The van der Waals surface area contributed by atoms with Gasteiger partial charge in [0.2, 0.25) is 0 Å². The normalized spacial score (nSPS) is 12.0. The zero-order valence-corrected chi connectivity index (χ0v) is 10.9. The molecule has 0 saturated heterocycles. The highest BCUT2D eigenvalue weighted by Crippen LogP contribution is 2.22. The lowest BCUT2D eigenvalue weighted by molar-refractivity contribution is 0.101. The van der Waals surface area contributed by atoms with E-state index in [2.05, 4.69) is 5.32 Å². The summed E-state index contributed by atoms with van der Waals surface area (Å²) in [5.74, 6) is -2.64. The van der Waals surface area contributed by atoms with Gasteiger partial charge in [-0.15, -0.1) is 0 Å². The SMILES string of the molecule is CC(N)c1ccccc1NC(=O)c1c(F)cccc1F. The summed E-state index contributed by atoms with van der Waals surface area (Å²) in [5, 5.41) is 2.49. The van der Waals surface area contributed by atoms with E-state index in [1.165, 1.54) is 6.07 Å². The number of rotatable bonds is 3. The van der Waals surface area contributed by atoms with Gasteiger partial charge in [0.25, 0.3) is 5.91 Å². The minimum atomic E-state index is -0.902. The van der Waals surface area contributed by atoms with Crippen molar-refractivity contribution in [3.8, 4) is 0 Å². The number of hydrogen-bond donors (Lipinski definition) is 2. The summed E-state index contributed by atoms with van der Waals surface area (Å²) >= 11 is 0. The molecule has 0 bridgehead atoms. The lowest BCUT2D eigenvalue weighted by atomic mass is 10.1. The molecular formula is C15H14F2N2O. The third-order valence-corrected chi connectivity index (χ3v) is 2.89. The van der Waals surface area contributed by atoms with Gasteiger partial charge in [-0.25, -0.2) is 8.78 Å². The molecule has 3 N–H and O–H groups in total. The maximum atomic E-state index is 13.5. The van der Waals surface area contributed by atoms with Gasteiger partial charge in [0.1, 0.15) is 17.2 Å². The van der Waals surface area contributed by atoms with Gasteiger partial charge in [-0.1, -0.05) is 24.3 Å². The molecule has 0 fully saturated rings. The Kier molecular flexibility index (Phi) is 4.10. The van der Waals surface area contributed by atoms with Crippen LogP contribution in [0.5, 0.6) is 0 Å². The molecule has 104 valence electrons. The predicted octanol–water partition coefficient (Wildman–Crippen LogP) is 3.24. The first-order valence-corrected chi connectivity index (χ1v) is 6.10. The van der Waals surface area contributed by atoms with Crippen molar-refractivity contribution >= 4 is 11.6 Å². The minimum Gasteiger partial charge on any atom is -0.324 e. The van der Waals surface area contributed by atoms with Crippen molar-refractivity contribution in [2.75, 3.05) is 5.32 Å². The van der Waals surface area contributed by atoms with Crippen LogP contribution in [-0.2, 0) is 0 Å². The summed E-state index contributed by atoms with van der Waals surface area (Å²) in [5.41, 5.74) is 6.32. The molecule has 20 heavy (non-hydrogen) atoms. The molecule has 0 aliphatic rings. The van der Waals surface area contributed by atoms with Crippen LogP contribution in [0.25, 0.3) is 0 Å². The number of para-hydroxylation sites is 1. The van der Waals surface area contributed by atoms with Crippen molar-refractivity contribution in [3.63, 3.8) is 0 Å². The highest BCUT2D eigenvalue weighted by Gasteiger charge is 2.18. The van der Waals surface area contributed by atoms with Crippen LogP contribution in [0, 0.1) is 11.6 Å². The molecule has 2 aromatic rings. The zero-order chi connectivity index (χ0) is 14.7. The fourth-order valence-electron chi connectivity index (χ4n) is 1.91. The molecule has 2 rings (SSSR count). The standard InChI is InChI=1S/C15H14F2N2O/c1-9(18)10-5-2-3-8-13(10)19-15(20)14-11(16)6-4-7-12(14)17/h2-9H,18H2,1H3,(H,19,20). The molecule has 1 atom stereocenters. The van der Waals surface area contributed by atoms with E-state index >= 15 is 0 Å². The molecule has 0 heterocycles. The summed E-state index contributed by atoms with van der Waals surface area (Å²) in [6, 6.07) is 9.84. The first kappa shape index (κ1) is 14.1. The molecule has 2 aromatic carbocycles. The third-order valence-electron chi connectivity index (χ3n) is 2.89. The van der Waals surface area contributed by atoms with Crippen LogP contribution in [0.2, 0.25) is 0 Å². The Bertz CT molecular complexity index is 621. The Morgan fingerprint density at radius 3 is 2.30 bits per heavy atom. The molecule has 1 amide bonds. The van der Waals surface area contributed by atoms with Gasteiger partial charge in [0.15, 0.2) is 0 Å². The van der Waals surface area contributed by atoms with E-state index in [9.17, 15) is 13.6 Å². The number of carbonyl (C=O) groups is 1. The number of benzene rings is 2. The highest BCUT2D eigenvalue weighted by molar-refractivity contribution is 6.05. The van der Waals surface area contributed by atoms with E-state index < -0.39 is 23.1 Å². The number of nitrogens with two attached hydrogens (primary N) is 1. The minimum absolute atomic E-state index is 0.308. The average Bonchev–Trinajstić information content (AvgIpc) is 2.38. The van der Waals surface area contributed by atoms with Crippen LogP contribution in [0.3, 0.4) is 0 Å². The molecule has 5 heteroatoms. The van der Waals surface area contributed by atoms with Crippen molar-refractivity contribution in [2.24, 2.45) is 5.73 Å². The second-order valence-electron chi connectivity index (χ2n) is 4.43. The van der Waals surface area contributed by atoms with Gasteiger partial charge < -0.3 is 11.1 Å². The molecule has 0 spiro atoms. The first-order valence-electron chi connectivity index (χ1n) is 6.10. The highest BCUT2D eigenvalue weighted by atomic mass is 19.1. The smallest absolute Gasteiger partial charge is 0.261 e. The summed E-state index contributed by atoms with van der Waals surface area (Å²) < 4.78 is 27.1. The zero-order valence-electron chi connectivity index (χ0n) is 10.9. The predicted molar refractivity (Wildman–Crippen MR) is 73.4 cm³/mol. The summed E-state index contributed by atoms with van der Waals surface area (Å²) in [6.07, 6.45) is 0. The topological polar surface area (TPSA) is 55.1 Å². The van der Waals surface area contributed by atoms with Crippen LogP contribution in [-0.4, -0.2) is 5.91 Å². The Hall–Kier alpha value is -2.27. The molecule has 0 aliphatic carbocycles. The van der Waals surface area contributed by atoms with Crippen molar-refractivity contribution < 1.29 is 13.6 Å². The average molecular weight is 276 g/mol. The fourth-order valence-corrected chi connectivity index (χ4v) is 1.91. The van der Waals surface area contributed by atoms with Gasteiger partial charge in [-0.3, -0.25) is 4.79 Å². The van der Waals surface area contributed by atoms with Gasteiger partial charge in [-0.2, -0.15) is 0 Å². The number of halogens is 2. The molecule has 0 aliphatic heterocycles. The number of carbonyl (C=O) groups excluding carboxylic acids is 1. The Morgan fingerprint density at radius 1 is 1.10 bits per heavy atom. The molecular weight excluding hydrogens is 262 g/mol. The molecule has 1 unspecified atom stereocenters. The van der Waals surface area contributed by atoms with Crippen LogP contribution in [0.15, 0.2) is 42.5 Å². The summed E-state index contributed by atoms with van der Waals surface area (Å²) in [6.45, 7) is 1.76. The van der Waals surface area contributed by atoms with Crippen LogP contribution >= 0.6 is 0 Å². The Labute approximate surface area is 115 Å². The van der Waals surface area contributed by atoms with Crippen molar-refractivity contribution in [3.05, 3.63) is 65.2 Å². The number of anilines is 1. The second kappa shape index (κ2) is 5.79. The number of nitrogens with one attached hydrogen (secondary N) is 1. The molecule has 0 aromatic heterocycles. The monoisotopic (exact) mass is 276 g/mol. The molecule has 0 saturated carbocycles. The van der Waals surface area contributed by atoms with Crippen molar-refractivity contribution in [1.29, 1.82) is 0 Å². The fraction of sp³-hybridized carbons (Fsp3) is 0.133. The van der Waals surface area contributed by atoms with Crippen LogP contribution in [0.4, 0.5) is 14.5 Å². The Balaban J connectivity index is 2.33. The largest absolute Gasteiger partial charge is 0.324 e. The maximum Gasteiger partial charge on any atom is 0.261 e. The second-order valence-corrected chi connectivity index (χ2v) is 4.43. The van der Waals surface area contributed by atoms with Gasteiger partial charge in [0.05, 0.1) is 0 Å². The van der Waals surface area contributed by atoms with Gasteiger partial charge in [-0.05, 0) is 30.7 Å². The van der Waals surface area contributed by atoms with Crippen LogP contribution in [0.1, 0.15) is 28.9 Å². The molecule has 3 nitrogen and oxygen atoms in total. The van der Waals surface area contributed by atoms with Gasteiger partial charge in [0, 0.05) is 11.7 Å².